The lowest BCUT2D eigenvalue weighted by atomic mass is 10.1. The van der Waals surface area contributed by atoms with E-state index in [1.807, 2.05) is 12.1 Å². The van der Waals surface area contributed by atoms with Crippen LogP contribution in [0.2, 0.25) is 0 Å². The van der Waals surface area contributed by atoms with Gasteiger partial charge in [-0.3, -0.25) is 0 Å². The minimum Gasteiger partial charge on any atom is -0.365 e. The van der Waals surface area contributed by atoms with E-state index in [2.05, 4.69) is 28.7 Å². The highest BCUT2D eigenvalue weighted by atomic mass is 19.1. The number of nitrogens with zero attached hydrogens (tertiary/aromatic N) is 2. The van der Waals surface area contributed by atoms with E-state index in [9.17, 15) is 8.78 Å². The summed E-state index contributed by atoms with van der Waals surface area (Å²) in [7, 11) is 0. The predicted molar refractivity (Wildman–Crippen MR) is 108 cm³/mol. The maximum absolute atomic E-state index is 13.6. The number of hydrogen-bond donors (Lipinski definition) is 1. The molecule has 0 fully saturated rings. The Morgan fingerprint density at radius 2 is 1.71 bits per heavy atom. The first-order valence-corrected chi connectivity index (χ1v) is 9.20. The van der Waals surface area contributed by atoms with Gasteiger partial charge in [-0.25, -0.2) is 13.8 Å². The Labute approximate surface area is 162 Å². The van der Waals surface area contributed by atoms with Crippen molar-refractivity contribution in [1.82, 2.24) is 9.55 Å². The van der Waals surface area contributed by atoms with Crippen LogP contribution < -0.4 is 5.32 Å². The summed E-state index contributed by atoms with van der Waals surface area (Å²) < 4.78 is 28.9. The van der Waals surface area contributed by atoms with Crippen LogP contribution in [0.25, 0.3) is 10.9 Å². The lowest BCUT2D eigenvalue weighted by Crippen LogP contribution is -2.03. The molecule has 28 heavy (non-hydrogen) atoms. The number of fused-ring (bicyclic) bond motifs is 1. The summed E-state index contributed by atoms with van der Waals surface area (Å²) in [5.41, 5.74) is 5.21. The number of halogens is 2. The van der Waals surface area contributed by atoms with Crippen molar-refractivity contribution in [2.45, 2.75) is 26.9 Å². The molecular formula is C23H21F2N3. The lowest BCUT2D eigenvalue weighted by Gasteiger charge is -2.10. The lowest BCUT2D eigenvalue weighted by molar-refractivity contribution is 0.623. The van der Waals surface area contributed by atoms with Crippen LogP contribution in [-0.2, 0) is 13.1 Å². The molecule has 0 spiro atoms. The van der Waals surface area contributed by atoms with Gasteiger partial charge in [-0.1, -0.05) is 24.3 Å². The zero-order chi connectivity index (χ0) is 19.7. The van der Waals surface area contributed by atoms with Gasteiger partial charge in [0.05, 0.1) is 5.52 Å². The van der Waals surface area contributed by atoms with Crippen LogP contribution in [0.3, 0.4) is 0 Å². The van der Waals surface area contributed by atoms with E-state index in [0.29, 0.717) is 13.1 Å². The van der Waals surface area contributed by atoms with E-state index in [1.165, 1.54) is 18.2 Å². The summed E-state index contributed by atoms with van der Waals surface area (Å²) in [6.45, 7) is 5.29. The average molecular weight is 377 g/mol. The van der Waals surface area contributed by atoms with Crippen LogP contribution in [0.4, 0.5) is 14.6 Å². The van der Waals surface area contributed by atoms with Crippen molar-refractivity contribution in [3.8, 4) is 0 Å². The van der Waals surface area contributed by atoms with Crippen molar-refractivity contribution in [2.75, 3.05) is 5.32 Å². The molecule has 142 valence electrons. The number of pyridine rings is 1. The van der Waals surface area contributed by atoms with E-state index >= 15 is 0 Å². The van der Waals surface area contributed by atoms with Crippen molar-refractivity contribution in [3.05, 3.63) is 94.8 Å². The van der Waals surface area contributed by atoms with Crippen molar-refractivity contribution < 1.29 is 8.78 Å². The Balaban J connectivity index is 1.68. The molecule has 2 heterocycles. The van der Waals surface area contributed by atoms with Crippen molar-refractivity contribution in [1.29, 1.82) is 0 Å². The van der Waals surface area contributed by atoms with Crippen molar-refractivity contribution in [2.24, 2.45) is 0 Å². The molecule has 0 unspecified atom stereocenters. The Morgan fingerprint density at radius 3 is 2.46 bits per heavy atom. The third-order valence-electron chi connectivity index (χ3n) is 5.15. The minimum absolute atomic E-state index is 0.230. The number of anilines is 1. The van der Waals surface area contributed by atoms with Gasteiger partial charge in [-0.15, -0.1) is 0 Å². The average Bonchev–Trinajstić information content (AvgIpc) is 2.93. The minimum atomic E-state index is -0.245. The zero-order valence-corrected chi connectivity index (χ0v) is 15.8. The molecule has 0 amide bonds. The monoisotopic (exact) mass is 377 g/mol. The van der Waals surface area contributed by atoms with Gasteiger partial charge in [0.25, 0.3) is 0 Å². The molecule has 4 rings (SSSR count). The van der Waals surface area contributed by atoms with Crippen LogP contribution in [0.5, 0.6) is 0 Å². The standard InChI is InChI=1S/C23H21F2N3/c1-15-16(2)28(14-18-4-3-5-20(25)12-18)21-10-11-26-23(22(15)21)27-13-17-6-8-19(24)9-7-17/h3-12H,13-14H2,1-2H3,(H,26,27). The normalized spacial score (nSPS) is 11.1. The topological polar surface area (TPSA) is 29.9 Å². The van der Waals surface area contributed by atoms with E-state index in [4.69, 9.17) is 0 Å². The van der Waals surface area contributed by atoms with Gasteiger partial charge >= 0.3 is 0 Å². The number of aryl methyl sites for hydroxylation is 1. The number of aromatic nitrogens is 2. The summed E-state index contributed by atoms with van der Waals surface area (Å²) in [4.78, 5) is 4.52. The first-order chi connectivity index (χ1) is 13.5. The van der Waals surface area contributed by atoms with E-state index in [-0.39, 0.29) is 11.6 Å². The number of benzene rings is 2. The second-order valence-electron chi connectivity index (χ2n) is 6.96. The molecule has 4 aromatic rings. The molecule has 1 N–H and O–H groups in total. The Morgan fingerprint density at radius 1 is 0.929 bits per heavy atom. The molecule has 2 aromatic heterocycles. The number of hydrogen-bond acceptors (Lipinski definition) is 2. The highest BCUT2D eigenvalue weighted by molar-refractivity contribution is 5.94. The SMILES string of the molecule is Cc1c(C)n(Cc2cccc(F)c2)c2ccnc(NCc3ccc(F)cc3)c12. The maximum Gasteiger partial charge on any atom is 0.135 e. The zero-order valence-electron chi connectivity index (χ0n) is 15.8. The fraction of sp³-hybridized carbons (Fsp3) is 0.174. The quantitative estimate of drug-likeness (QED) is 0.491. The fourth-order valence-electron chi connectivity index (χ4n) is 3.55. The molecule has 5 heteroatoms. The van der Waals surface area contributed by atoms with Crippen molar-refractivity contribution >= 4 is 16.7 Å². The second-order valence-corrected chi connectivity index (χ2v) is 6.96. The maximum atomic E-state index is 13.6. The number of rotatable bonds is 5. The van der Waals surface area contributed by atoms with E-state index in [1.54, 1.807) is 30.5 Å². The number of nitrogens with one attached hydrogen (secondary N) is 1. The molecule has 2 aromatic carbocycles. The van der Waals surface area contributed by atoms with Gasteiger partial charge in [-0.05, 0) is 60.9 Å². The van der Waals surface area contributed by atoms with Gasteiger partial charge in [0.1, 0.15) is 17.5 Å². The molecule has 0 aliphatic rings. The highest BCUT2D eigenvalue weighted by Crippen LogP contribution is 2.31. The molecule has 0 aliphatic carbocycles. The summed E-state index contributed by atoms with van der Waals surface area (Å²) in [5.74, 6) is 0.317. The third kappa shape index (κ3) is 3.48. The predicted octanol–water partition coefficient (Wildman–Crippen LogP) is 5.59. The Hall–Kier alpha value is -3.21. The van der Waals surface area contributed by atoms with Crippen LogP contribution in [0.15, 0.2) is 60.8 Å². The molecule has 0 saturated heterocycles. The van der Waals surface area contributed by atoms with Gasteiger partial charge in [0, 0.05) is 30.4 Å². The Bertz CT molecular complexity index is 1130. The van der Waals surface area contributed by atoms with Crippen LogP contribution in [0.1, 0.15) is 22.4 Å². The summed E-state index contributed by atoms with van der Waals surface area (Å²) >= 11 is 0. The Kier molecular flexibility index (Phi) is 4.82. The van der Waals surface area contributed by atoms with Crippen LogP contribution >= 0.6 is 0 Å². The van der Waals surface area contributed by atoms with Crippen LogP contribution in [0, 0.1) is 25.5 Å². The molecule has 0 atom stereocenters. The summed E-state index contributed by atoms with van der Waals surface area (Å²) in [6, 6.07) is 15.1. The van der Waals surface area contributed by atoms with Gasteiger partial charge < -0.3 is 9.88 Å². The molecule has 3 nitrogen and oxygen atoms in total. The fourth-order valence-corrected chi connectivity index (χ4v) is 3.55. The first kappa shape index (κ1) is 18.2. The molecule has 0 aliphatic heterocycles. The smallest absolute Gasteiger partial charge is 0.135 e. The van der Waals surface area contributed by atoms with E-state index in [0.717, 1.165) is 39.1 Å². The largest absolute Gasteiger partial charge is 0.365 e. The van der Waals surface area contributed by atoms with E-state index < -0.39 is 0 Å². The van der Waals surface area contributed by atoms with Gasteiger partial charge in [-0.2, -0.15) is 0 Å². The van der Waals surface area contributed by atoms with Gasteiger partial charge in [0.2, 0.25) is 0 Å². The third-order valence-corrected chi connectivity index (χ3v) is 5.15. The summed E-state index contributed by atoms with van der Waals surface area (Å²) in [6.07, 6.45) is 1.77. The summed E-state index contributed by atoms with van der Waals surface area (Å²) in [5, 5.41) is 4.43. The second kappa shape index (κ2) is 7.43. The first-order valence-electron chi connectivity index (χ1n) is 9.20. The molecule has 0 bridgehead atoms. The van der Waals surface area contributed by atoms with Gasteiger partial charge in [0.15, 0.2) is 0 Å². The molecule has 0 saturated carbocycles. The highest BCUT2D eigenvalue weighted by Gasteiger charge is 2.15. The molecular weight excluding hydrogens is 356 g/mol. The van der Waals surface area contributed by atoms with Crippen LogP contribution in [-0.4, -0.2) is 9.55 Å². The van der Waals surface area contributed by atoms with Crippen molar-refractivity contribution in [3.63, 3.8) is 0 Å². The molecule has 0 radical (unpaired) electrons.